The van der Waals surface area contributed by atoms with Gasteiger partial charge in [0.2, 0.25) is 5.91 Å². The van der Waals surface area contributed by atoms with Gasteiger partial charge in [-0.2, -0.15) is 0 Å². The largest absolute Gasteiger partial charge is 0.491 e. The molecule has 19 heavy (non-hydrogen) atoms. The first kappa shape index (κ1) is 15.3. The highest BCUT2D eigenvalue weighted by molar-refractivity contribution is 5.91. The van der Waals surface area contributed by atoms with Crippen molar-refractivity contribution in [1.29, 1.82) is 0 Å². The Kier molecular flexibility index (Phi) is 6.13. The molecule has 0 fully saturated rings. The SMILES string of the molecule is CC(C)CNC(=O)/C=C/c1cccc(OC(C)C)c1. The molecule has 0 aromatic heterocycles. The highest BCUT2D eigenvalue weighted by Crippen LogP contribution is 2.15. The average molecular weight is 261 g/mol. The van der Waals surface area contributed by atoms with Crippen LogP contribution in [0.4, 0.5) is 0 Å². The molecule has 0 heterocycles. The van der Waals surface area contributed by atoms with Gasteiger partial charge in [0.05, 0.1) is 6.10 Å². The maximum atomic E-state index is 11.6. The van der Waals surface area contributed by atoms with Crippen LogP contribution in [0.3, 0.4) is 0 Å². The van der Waals surface area contributed by atoms with Crippen molar-refractivity contribution in [1.82, 2.24) is 5.32 Å². The Balaban J connectivity index is 2.58. The Hall–Kier alpha value is -1.77. The lowest BCUT2D eigenvalue weighted by Gasteiger charge is -2.09. The molecule has 1 aromatic carbocycles. The number of hydrogen-bond donors (Lipinski definition) is 1. The quantitative estimate of drug-likeness (QED) is 0.798. The van der Waals surface area contributed by atoms with E-state index in [2.05, 4.69) is 19.2 Å². The first-order valence-electron chi connectivity index (χ1n) is 6.70. The third kappa shape index (κ3) is 6.65. The van der Waals surface area contributed by atoms with Crippen molar-refractivity contribution in [2.45, 2.75) is 33.8 Å². The lowest BCUT2D eigenvalue weighted by Crippen LogP contribution is -2.25. The molecular formula is C16H23NO2. The summed E-state index contributed by atoms with van der Waals surface area (Å²) in [5, 5.41) is 2.84. The lowest BCUT2D eigenvalue weighted by atomic mass is 10.2. The standard InChI is InChI=1S/C16H23NO2/c1-12(2)11-17-16(18)9-8-14-6-5-7-15(10-14)19-13(3)4/h5-10,12-13H,11H2,1-4H3,(H,17,18)/b9-8+. The molecule has 0 aliphatic rings. The molecule has 0 bridgehead atoms. The molecule has 1 rings (SSSR count). The van der Waals surface area contributed by atoms with Gasteiger partial charge >= 0.3 is 0 Å². The van der Waals surface area contributed by atoms with E-state index in [-0.39, 0.29) is 12.0 Å². The molecule has 3 nitrogen and oxygen atoms in total. The number of benzene rings is 1. The van der Waals surface area contributed by atoms with E-state index in [9.17, 15) is 4.79 Å². The Labute approximate surface area is 115 Å². The molecule has 0 aliphatic heterocycles. The van der Waals surface area contributed by atoms with Gasteiger partial charge in [0, 0.05) is 12.6 Å². The second kappa shape index (κ2) is 7.62. The number of rotatable bonds is 6. The van der Waals surface area contributed by atoms with Crippen molar-refractivity contribution in [2.24, 2.45) is 5.92 Å². The fraction of sp³-hybridized carbons (Fsp3) is 0.438. The first-order valence-corrected chi connectivity index (χ1v) is 6.70. The molecular weight excluding hydrogens is 238 g/mol. The van der Waals surface area contributed by atoms with E-state index >= 15 is 0 Å². The van der Waals surface area contributed by atoms with Gasteiger partial charge in [0.1, 0.15) is 5.75 Å². The summed E-state index contributed by atoms with van der Waals surface area (Å²) in [7, 11) is 0. The minimum Gasteiger partial charge on any atom is -0.491 e. The molecule has 0 spiro atoms. The van der Waals surface area contributed by atoms with Crippen molar-refractivity contribution in [3.05, 3.63) is 35.9 Å². The van der Waals surface area contributed by atoms with Crippen LogP contribution in [0.2, 0.25) is 0 Å². The predicted octanol–water partition coefficient (Wildman–Crippen LogP) is 3.26. The normalized spacial score (nSPS) is 11.3. The van der Waals surface area contributed by atoms with Gasteiger partial charge in [-0.1, -0.05) is 26.0 Å². The highest BCUT2D eigenvalue weighted by atomic mass is 16.5. The van der Waals surface area contributed by atoms with E-state index in [0.717, 1.165) is 11.3 Å². The minimum absolute atomic E-state index is 0.0659. The Morgan fingerprint density at radius 3 is 2.68 bits per heavy atom. The molecule has 1 aromatic rings. The van der Waals surface area contributed by atoms with Gasteiger partial charge < -0.3 is 10.1 Å². The van der Waals surface area contributed by atoms with Crippen LogP contribution in [0, 0.1) is 5.92 Å². The van der Waals surface area contributed by atoms with Crippen LogP contribution < -0.4 is 10.1 Å². The summed E-state index contributed by atoms with van der Waals surface area (Å²) in [5.74, 6) is 1.21. The Bertz CT molecular complexity index is 436. The van der Waals surface area contributed by atoms with E-state index in [1.165, 1.54) is 0 Å². The van der Waals surface area contributed by atoms with Crippen LogP contribution in [-0.4, -0.2) is 18.6 Å². The van der Waals surface area contributed by atoms with Gasteiger partial charge in [0.25, 0.3) is 0 Å². The molecule has 0 unspecified atom stereocenters. The van der Waals surface area contributed by atoms with E-state index < -0.39 is 0 Å². The second-order valence-electron chi connectivity index (χ2n) is 5.21. The van der Waals surface area contributed by atoms with Crippen molar-refractivity contribution >= 4 is 12.0 Å². The van der Waals surface area contributed by atoms with Crippen molar-refractivity contribution in [3.8, 4) is 5.75 Å². The fourth-order valence-electron chi connectivity index (χ4n) is 1.50. The Morgan fingerprint density at radius 1 is 1.32 bits per heavy atom. The topological polar surface area (TPSA) is 38.3 Å². The van der Waals surface area contributed by atoms with Gasteiger partial charge in [-0.25, -0.2) is 0 Å². The fourth-order valence-corrected chi connectivity index (χ4v) is 1.50. The number of carbonyl (C=O) groups excluding carboxylic acids is 1. The van der Waals surface area contributed by atoms with Crippen LogP contribution in [0.25, 0.3) is 6.08 Å². The van der Waals surface area contributed by atoms with Crippen LogP contribution in [0.5, 0.6) is 5.75 Å². The van der Waals surface area contributed by atoms with Gasteiger partial charge in [-0.3, -0.25) is 4.79 Å². The average Bonchev–Trinajstić information content (AvgIpc) is 2.33. The molecule has 0 atom stereocenters. The molecule has 0 saturated heterocycles. The van der Waals surface area contributed by atoms with Crippen LogP contribution in [0.1, 0.15) is 33.3 Å². The van der Waals surface area contributed by atoms with Crippen molar-refractivity contribution in [3.63, 3.8) is 0 Å². The lowest BCUT2D eigenvalue weighted by molar-refractivity contribution is -0.116. The molecule has 3 heteroatoms. The summed E-state index contributed by atoms with van der Waals surface area (Å²) in [6.45, 7) is 8.80. The van der Waals surface area contributed by atoms with Gasteiger partial charge in [-0.05, 0) is 43.5 Å². The first-order chi connectivity index (χ1) is 8.97. The van der Waals surface area contributed by atoms with Crippen LogP contribution in [-0.2, 0) is 4.79 Å². The zero-order valence-corrected chi connectivity index (χ0v) is 12.1. The molecule has 0 saturated carbocycles. The van der Waals surface area contributed by atoms with E-state index in [1.807, 2.05) is 38.1 Å². The highest BCUT2D eigenvalue weighted by Gasteiger charge is 1.99. The zero-order valence-electron chi connectivity index (χ0n) is 12.1. The summed E-state index contributed by atoms with van der Waals surface area (Å²) in [4.78, 5) is 11.6. The maximum absolute atomic E-state index is 11.6. The van der Waals surface area contributed by atoms with Crippen molar-refractivity contribution in [2.75, 3.05) is 6.54 Å². The summed E-state index contributed by atoms with van der Waals surface area (Å²) >= 11 is 0. The van der Waals surface area contributed by atoms with E-state index in [1.54, 1.807) is 12.2 Å². The molecule has 1 amide bonds. The maximum Gasteiger partial charge on any atom is 0.244 e. The molecule has 1 N–H and O–H groups in total. The van der Waals surface area contributed by atoms with Crippen LogP contribution >= 0.6 is 0 Å². The Morgan fingerprint density at radius 2 is 2.05 bits per heavy atom. The number of ether oxygens (including phenoxy) is 1. The third-order valence-electron chi connectivity index (χ3n) is 2.34. The molecule has 0 aliphatic carbocycles. The smallest absolute Gasteiger partial charge is 0.244 e. The van der Waals surface area contributed by atoms with Gasteiger partial charge in [0.15, 0.2) is 0 Å². The number of carbonyl (C=O) groups is 1. The van der Waals surface area contributed by atoms with E-state index in [0.29, 0.717) is 12.5 Å². The number of amides is 1. The predicted molar refractivity (Wildman–Crippen MR) is 79.1 cm³/mol. The third-order valence-corrected chi connectivity index (χ3v) is 2.34. The summed E-state index contributed by atoms with van der Waals surface area (Å²) in [6.07, 6.45) is 3.49. The van der Waals surface area contributed by atoms with Crippen LogP contribution in [0.15, 0.2) is 30.3 Å². The minimum atomic E-state index is -0.0659. The zero-order chi connectivity index (χ0) is 14.3. The number of hydrogen-bond acceptors (Lipinski definition) is 2. The molecule has 0 radical (unpaired) electrons. The summed E-state index contributed by atoms with van der Waals surface area (Å²) in [5.41, 5.74) is 0.956. The summed E-state index contributed by atoms with van der Waals surface area (Å²) in [6, 6.07) is 7.70. The van der Waals surface area contributed by atoms with Gasteiger partial charge in [-0.15, -0.1) is 0 Å². The summed E-state index contributed by atoms with van der Waals surface area (Å²) < 4.78 is 5.61. The number of nitrogens with one attached hydrogen (secondary N) is 1. The second-order valence-corrected chi connectivity index (χ2v) is 5.21. The van der Waals surface area contributed by atoms with E-state index in [4.69, 9.17) is 4.74 Å². The van der Waals surface area contributed by atoms with Crippen molar-refractivity contribution < 1.29 is 9.53 Å². The monoisotopic (exact) mass is 261 g/mol. The molecule has 104 valence electrons.